The molecule has 108 valence electrons. The number of hydrogen-bond acceptors (Lipinski definition) is 2. The van der Waals surface area contributed by atoms with Gasteiger partial charge < -0.3 is 10.2 Å². The highest BCUT2D eigenvalue weighted by atomic mass is 35.5. The number of carbonyl (C=O) groups is 2. The summed E-state index contributed by atoms with van der Waals surface area (Å²) in [4.78, 5) is 25.3. The Labute approximate surface area is 125 Å². The average molecular weight is 319 g/mol. The largest absolute Gasteiger partial charge is 0.344 e. The zero-order chi connectivity index (χ0) is 14.9. The first-order chi connectivity index (χ1) is 9.43. The minimum Gasteiger partial charge on any atom is -0.344 e. The van der Waals surface area contributed by atoms with Crippen LogP contribution in [0.25, 0.3) is 0 Å². The van der Waals surface area contributed by atoms with Gasteiger partial charge in [-0.05, 0) is 18.6 Å². The van der Waals surface area contributed by atoms with Crippen LogP contribution in [0.4, 0.5) is 10.1 Å². The molecule has 1 aliphatic rings. The summed E-state index contributed by atoms with van der Waals surface area (Å²) in [6.45, 7) is 1.95. The van der Waals surface area contributed by atoms with E-state index in [1.165, 1.54) is 4.90 Å². The van der Waals surface area contributed by atoms with E-state index in [4.69, 9.17) is 23.2 Å². The molecule has 1 aliphatic heterocycles. The summed E-state index contributed by atoms with van der Waals surface area (Å²) in [6, 6.07) is 1.57. The van der Waals surface area contributed by atoms with Crippen LogP contribution in [0.2, 0.25) is 10.0 Å². The van der Waals surface area contributed by atoms with Gasteiger partial charge in [-0.1, -0.05) is 30.1 Å². The Morgan fingerprint density at radius 2 is 1.95 bits per heavy atom. The fourth-order valence-corrected chi connectivity index (χ4v) is 2.80. The van der Waals surface area contributed by atoms with Crippen LogP contribution >= 0.6 is 23.2 Å². The molecule has 1 aromatic rings. The van der Waals surface area contributed by atoms with Crippen molar-refractivity contribution >= 4 is 40.7 Å². The standard InChI is InChI=1S/C13H13Cl2FN2O2/c1-2-10-13(20)18(4-3-11(19)17-10)12-8(14)5-7(16)6-9(12)15/h5-6,10H,2-4H2,1H3,(H,17,19). The summed E-state index contributed by atoms with van der Waals surface area (Å²) < 4.78 is 13.2. The van der Waals surface area contributed by atoms with Gasteiger partial charge in [-0.25, -0.2) is 4.39 Å². The van der Waals surface area contributed by atoms with Crippen molar-refractivity contribution in [3.63, 3.8) is 0 Å². The molecule has 1 saturated heterocycles. The first-order valence-electron chi connectivity index (χ1n) is 6.19. The second-order valence-electron chi connectivity index (χ2n) is 4.49. The molecule has 0 aromatic heterocycles. The third kappa shape index (κ3) is 2.88. The summed E-state index contributed by atoms with van der Waals surface area (Å²) >= 11 is 12.0. The predicted octanol–water partition coefficient (Wildman–Crippen LogP) is 2.76. The molecule has 0 aliphatic carbocycles. The van der Waals surface area contributed by atoms with Crippen LogP contribution < -0.4 is 10.2 Å². The number of anilines is 1. The highest BCUT2D eigenvalue weighted by molar-refractivity contribution is 6.40. The second-order valence-corrected chi connectivity index (χ2v) is 5.30. The van der Waals surface area contributed by atoms with E-state index in [0.717, 1.165) is 12.1 Å². The molecule has 0 saturated carbocycles. The van der Waals surface area contributed by atoms with Gasteiger partial charge in [0.2, 0.25) is 11.8 Å². The molecule has 7 heteroatoms. The molecular formula is C13H13Cl2FN2O2. The Hall–Kier alpha value is -1.33. The highest BCUT2D eigenvalue weighted by Crippen LogP contribution is 2.35. The van der Waals surface area contributed by atoms with Crippen LogP contribution in [0.1, 0.15) is 19.8 Å². The molecule has 1 unspecified atom stereocenters. The molecule has 20 heavy (non-hydrogen) atoms. The molecule has 0 radical (unpaired) electrons. The fraction of sp³-hybridized carbons (Fsp3) is 0.385. The van der Waals surface area contributed by atoms with Crippen molar-refractivity contribution in [2.45, 2.75) is 25.8 Å². The van der Waals surface area contributed by atoms with Crippen LogP contribution in [-0.2, 0) is 9.59 Å². The van der Waals surface area contributed by atoms with Crippen molar-refractivity contribution in [2.75, 3.05) is 11.4 Å². The van der Waals surface area contributed by atoms with E-state index in [-0.39, 0.29) is 40.5 Å². The predicted molar refractivity (Wildman–Crippen MR) is 75.6 cm³/mol. The summed E-state index contributed by atoms with van der Waals surface area (Å²) in [7, 11) is 0. The van der Waals surface area contributed by atoms with Gasteiger partial charge in [0.15, 0.2) is 0 Å². The van der Waals surface area contributed by atoms with Crippen molar-refractivity contribution in [1.29, 1.82) is 0 Å². The van der Waals surface area contributed by atoms with Crippen LogP contribution in [0, 0.1) is 5.82 Å². The van der Waals surface area contributed by atoms with E-state index in [1.54, 1.807) is 6.92 Å². The summed E-state index contributed by atoms with van der Waals surface area (Å²) in [5.74, 6) is -1.08. The first-order valence-corrected chi connectivity index (χ1v) is 6.95. The maximum absolute atomic E-state index is 13.2. The number of benzene rings is 1. The fourth-order valence-electron chi connectivity index (χ4n) is 2.13. The number of amides is 2. The van der Waals surface area contributed by atoms with E-state index in [9.17, 15) is 14.0 Å². The Kier molecular flexibility index (Phi) is 4.50. The average Bonchev–Trinajstić information content (AvgIpc) is 2.50. The van der Waals surface area contributed by atoms with Crippen LogP contribution in [0.15, 0.2) is 12.1 Å². The number of hydrogen-bond donors (Lipinski definition) is 1. The quantitative estimate of drug-likeness (QED) is 0.911. The topological polar surface area (TPSA) is 49.4 Å². The van der Waals surface area contributed by atoms with Gasteiger partial charge in [0.05, 0.1) is 15.7 Å². The zero-order valence-corrected chi connectivity index (χ0v) is 12.3. The van der Waals surface area contributed by atoms with E-state index in [1.807, 2.05) is 0 Å². The van der Waals surface area contributed by atoms with E-state index in [2.05, 4.69) is 5.32 Å². The SMILES string of the molecule is CCC1NC(=O)CCN(c2c(Cl)cc(F)cc2Cl)C1=O. The Morgan fingerprint density at radius 1 is 1.35 bits per heavy atom. The molecule has 4 nitrogen and oxygen atoms in total. The second kappa shape index (κ2) is 5.97. The zero-order valence-electron chi connectivity index (χ0n) is 10.8. The molecule has 2 amide bonds. The van der Waals surface area contributed by atoms with Gasteiger partial charge in [-0.2, -0.15) is 0 Å². The summed E-state index contributed by atoms with van der Waals surface area (Å²) in [5.41, 5.74) is 0.245. The number of nitrogens with one attached hydrogen (secondary N) is 1. The van der Waals surface area contributed by atoms with Crippen molar-refractivity contribution < 1.29 is 14.0 Å². The molecule has 1 atom stereocenters. The minimum absolute atomic E-state index is 0.0487. The molecule has 1 N–H and O–H groups in total. The van der Waals surface area contributed by atoms with E-state index < -0.39 is 11.9 Å². The first kappa shape index (κ1) is 15.1. The molecule has 1 heterocycles. The maximum Gasteiger partial charge on any atom is 0.249 e. The molecule has 1 fully saturated rings. The molecule has 2 rings (SSSR count). The lowest BCUT2D eigenvalue weighted by atomic mass is 10.2. The Bertz CT molecular complexity index is 542. The van der Waals surface area contributed by atoms with Crippen molar-refractivity contribution in [3.05, 3.63) is 28.0 Å². The molecular weight excluding hydrogens is 306 g/mol. The lowest BCUT2D eigenvalue weighted by molar-refractivity contribution is -0.125. The van der Waals surface area contributed by atoms with Gasteiger partial charge >= 0.3 is 0 Å². The number of rotatable bonds is 2. The summed E-state index contributed by atoms with van der Waals surface area (Å²) in [5, 5.41) is 2.74. The maximum atomic E-state index is 13.2. The van der Waals surface area contributed by atoms with Gasteiger partial charge in [0.25, 0.3) is 0 Å². The van der Waals surface area contributed by atoms with E-state index in [0.29, 0.717) is 6.42 Å². The smallest absolute Gasteiger partial charge is 0.249 e. The Balaban J connectivity index is 2.45. The number of nitrogens with zero attached hydrogens (tertiary/aromatic N) is 1. The number of carbonyl (C=O) groups excluding carboxylic acids is 2. The minimum atomic E-state index is -0.623. The van der Waals surface area contributed by atoms with Gasteiger partial charge in [-0.3, -0.25) is 9.59 Å². The van der Waals surface area contributed by atoms with E-state index >= 15 is 0 Å². The highest BCUT2D eigenvalue weighted by Gasteiger charge is 2.31. The monoisotopic (exact) mass is 318 g/mol. The lowest BCUT2D eigenvalue weighted by Crippen LogP contribution is -2.44. The normalized spacial score (nSPS) is 19.8. The van der Waals surface area contributed by atoms with Crippen molar-refractivity contribution in [2.24, 2.45) is 0 Å². The van der Waals surface area contributed by atoms with Crippen LogP contribution in [-0.4, -0.2) is 24.4 Å². The van der Waals surface area contributed by atoms with Gasteiger partial charge in [0.1, 0.15) is 11.9 Å². The Morgan fingerprint density at radius 3 is 2.50 bits per heavy atom. The third-order valence-electron chi connectivity index (χ3n) is 3.12. The van der Waals surface area contributed by atoms with Crippen LogP contribution in [0.3, 0.4) is 0 Å². The third-order valence-corrected chi connectivity index (χ3v) is 3.70. The van der Waals surface area contributed by atoms with Crippen molar-refractivity contribution in [1.82, 2.24) is 5.32 Å². The molecule has 1 aromatic carbocycles. The molecule has 0 bridgehead atoms. The van der Waals surface area contributed by atoms with Crippen LogP contribution in [0.5, 0.6) is 0 Å². The van der Waals surface area contributed by atoms with Gasteiger partial charge in [-0.15, -0.1) is 0 Å². The number of halogens is 3. The van der Waals surface area contributed by atoms with Gasteiger partial charge in [0, 0.05) is 13.0 Å². The lowest BCUT2D eigenvalue weighted by Gasteiger charge is -2.25. The molecule has 0 spiro atoms. The summed E-state index contributed by atoms with van der Waals surface area (Å²) in [6.07, 6.45) is 0.601. The van der Waals surface area contributed by atoms with Crippen molar-refractivity contribution in [3.8, 4) is 0 Å².